The van der Waals surface area contributed by atoms with Crippen molar-refractivity contribution < 1.29 is 32.9 Å². The normalized spacial score (nSPS) is 34.1. The number of hydrogen-bond donors (Lipinski definition) is 2. The number of likely N-dealkylation sites (tertiary alicyclic amines) is 1. The van der Waals surface area contributed by atoms with Crippen molar-refractivity contribution in [2.45, 2.75) is 30.4 Å². The number of methoxy groups -OCH3 is 1. The highest BCUT2D eigenvalue weighted by atomic mass is 19.4. The van der Waals surface area contributed by atoms with Crippen LogP contribution in [-0.2, 0) is 9.53 Å². The van der Waals surface area contributed by atoms with E-state index in [9.17, 15) is 23.1 Å². The van der Waals surface area contributed by atoms with Crippen molar-refractivity contribution in [2.75, 3.05) is 13.7 Å². The molecule has 9 heteroatoms. The molecule has 4 atom stereocenters. The van der Waals surface area contributed by atoms with Crippen molar-refractivity contribution in [3.63, 3.8) is 0 Å². The van der Waals surface area contributed by atoms with Gasteiger partial charge in [-0.25, -0.2) is 0 Å². The molecule has 0 radical (unpaired) electrons. The predicted octanol–water partition coefficient (Wildman–Crippen LogP) is -1.91. The molecule has 0 bridgehead atoms. The van der Waals surface area contributed by atoms with Crippen LogP contribution < -0.4 is 0 Å². The standard InChI is InChI=1S/C8H13BF3NO4/c1-17-5-3(2-14)13(6(9)4(5)15)7(16)8(10,11)12/h3-6,14-15H,2,9H2,1H3/t3-,4-,5-,6-/m1/s1. The Bertz CT molecular complexity index is 301. The zero-order chi connectivity index (χ0) is 13.4. The summed E-state index contributed by atoms with van der Waals surface area (Å²) in [5.74, 6) is -3.14. The van der Waals surface area contributed by atoms with Crippen LogP contribution in [0.15, 0.2) is 0 Å². The van der Waals surface area contributed by atoms with Crippen LogP contribution in [0.1, 0.15) is 0 Å². The van der Waals surface area contributed by atoms with E-state index in [1.165, 1.54) is 15.0 Å². The van der Waals surface area contributed by atoms with Gasteiger partial charge in [0.15, 0.2) is 0 Å². The van der Waals surface area contributed by atoms with Crippen LogP contribution in [0.4, 0.5) is 13.2 Å². The minimum atomic E-state index is -5.04. The lowest BCUT2D eigenvalue weighted by Crippen LogP contribution is -2.51. The lowest BCUT2D eigenvalue weighted by molar-refractivity contribution is -0.188. The maximum absolute atomic E-state index is 12.3. The smallest absolute Gasteiger partial charge is 0.394 e. The number of rotatable bonds is 2. The average Bonchev–Trinajstić information content (AvgIpc) is 2.48. The Kier molecular flexibility index (Phi) is 4.05. The first-order valence-corrected chi connectivity index (χ1v) is 4.97. The van der Waals surface area contributed by atoms with Gasteiger partial charge in [0, 0.05) is 13.1 Å². The molecular formula is C8H13BF3NO4. The van der Waals surface area contributed by atoms with Gasteiger partial charge in [-0.05, 0) is 0 Å². The van der Waals surface area contributed by atoms with Crippen LogP contribution in [0.2, 0.25) is 0 Å². The van der Waals surface area contributed by atoms with E-state index in [1.807, 2.05) is 0 Å². The predicted molar refractivity (Wildman–Crippen MR) is 52.9 cm³/mol. The molecule has 1 rings (SSSR count). The average molecular weight is 255 g/mol. The van der Waals surface area contributed by atoms with Gasteiger partial charge in [-0.1, -0.05) is 0 Å². The SMILES string of the molecule is B[C@H]1[C@H](O)[C@H](OC)[C@@H](CO)N1C(=O)C(F)(F)F. The molecule has 1 fully saturated rings. The fourth-order valence-corrected chi connectivity index (χ4v) is 2.10. The number of carbonyl (C=O) groups excluding carboxylic acids is 1. The van der Waals surface area contributed by atoms with Gasteiger partial charge in [0.2, 0.25) is 0 Å². The molecule has 17 heavy (non-hydrogen) atoms. The quantitative estimate of drug-likeness (QED) is 0.565. The summed E-state index contributed by atoms with van der Waals surface area (Å²) in [6, 6.07) is -1.20. The molecule has 0 aromatic carbocycles. The molecule has 5 nitrogen and oxygen atoms in total. The minimum Gasteiger partial charge on any atom is -0.394 e. The Balaban J connectivity index is 3.02. The van der Waals surface area contributed by atoms with Gasteiger partial charge in [-0.2, -0.15) is 13.2 Å². The van der Waals surface area contributed by atoms with Crippen molar-refractivity contribution in [1.29, 1.82) is 0 Å². The van der Waals surface area contributed by atoms with Crippen LogP contribution in [0.25, 0.3) is 0 Å². The highest BCUT2D eigenvalue weighted by Gasteiger charge is 2.54. The molecular weight excluding hydrogens is 242 g/mol. The van der Waals surface area contributed by atoms with E-state index in [2.05, 4.69) is 0 Å². The Labute approximate surface area is 96.6 Å². The third-order valence-corrected chi connectivity index (χ3v) is 2.94. The number of hydrogen-bond acceptors (Lipinski definition) is 4. The van der Waals surface area contributed by atoms with Gasteiger partial charge in [-0.3, -0.25) is 4.79 Å². The second kappa shape index (κ2) is 4.83. The summed E-state index contributed by atoms with van der Waals surface area (Å²) in [4.78, 5) is 11.6. The van der Waals surface area contributed by atoms with Crippen LogP contribution >= 0.6 is 0 Å². The third-order valence-electron chi connectivity index (χ3n) is 2.94. The zero-order valence-corrected chi connectivity index (χ0v) is 9.31. The first kappa shape index (κ1) is 14.3. The van der Waals surface area contributed by atoms with E-state index in [4.69, 9.17) is 9.84 Å². The number of alkyl halides is 3. The van der Waals surface area contributed by atoms with Crippen molar-refractivity contribution in [1.82, 2.24) is 4.90 Å². The molecule has 1 saturated heterocycles. The maximum Gasteiger partial charge on any atom is 0.471 e. The fourth-order valence-electron chi connectivity index (χ4n) is 2.10. The lowest BCUT2D eigenvalue weighted by Gasteiger charge is -2.28. The zero-order valence-electron chi connectivity index (χ0n) is 9.31. The minimum absolute atomic E-state index is 0.429. The Morgan fingerprint density at radius 3 is 2.41 bits per heavy atom. The van der Waals surface area contributed by atoms with Gasteiger partial charge < -0.3 is 19.8 Å². The van der Waals surface area contributed by atoms with E-state index < -0.39 is 42.9 Å². The Morgan fingerprint density at radius 2 is 2.06 bits per heavy atom. The molecule has 0 spiro atoms. The third kappa shape index (κ3) is 2.40. The second-order valence-corrected chi connectivity index (χ2v) is 3.89. The monoisotopic (exact) mass is 255 g/mol. The molecule has 1 heterocycles. The highest BCUT2D eigenvalue weighted by molar-refractivity contribution is 6.14. The maximum atomic E-state index is 12.3. The molecule has 0 unspecified atom stereocenters. The van der Waals surface area contributed by atoms with Crippen molar-refractivity contribution in [3.05, 3.63) is 0 Å². The molecule has 0 aromatic heterocycles. The number of ether oxygens (including phenoxy) is 1. The summed E-state index contributed by atoms with van der Waals surface area (Å²) in [6.07, 6.45) is -7.32. The second-order valence-electron chi connectivity index (χ2n) is 3.89. The molecule has 0 aliphatic carbocycles. The topological polar surface area (TPSA) is 70.0 Å². The van der Waals surface area contributed by atoms with Gasteiger partial charge in [0.05, 0.1) is 18.8 Å². The first-order valence-electron chi connectivity index (χ1n) is 4.97. The van der Waals surface area contributed by atoms with Crippen LogP contribution in [0.5, 0.6) is 0 Å². The van der Waals surface area contributed by atoms with Crippen molar-refractivity contribution in [3.8, 4) is 0 Å². The van der Waals surface area contributed by atoms with Gasteiger partial charge in [-0.15, -0.1) is 0 Å². The van der Waals surface area contributed by atoms with Crippen LogP contribution in [0.3, 0.4) is 0 Å². The highest BCUT2D eigenvalue weighted by Crippen LogP contribution is 2.30. The number of aliphatic hydroxyl groups is 2. The van der Waals surface area contributed by atoms with Gasteiger partial charge in [0.25, 0.3) is 0 Å². The van der Waals surface area contributed by atoms with Crippen molar-refractivity contribution in [2.24, 2.45) is 0 Å². The molecule has 2 N–H and O–H groups in total. The van der Waals surface area contributed by atoms with Crippen molar-refractivity contribution >= 4 is 13.8 Å². The number of nitrogens with zero attached hydrogens (tertiary/aromatic N) is 1. The van der Waals surface area contributed by atoms with E-state index in [0.717, 1.165) is 0 Å². The Hall–Kier alpha value is -0.795. The van der Waals surface area contributed by atoms with E-state index in [-0.39, 0.29) is 0 Å². The fraction of sp³-hybridized carbons (Fsp3) is 0.875. The molecule has 1 aliphatic heterocycles. The lowest BCUT2D eigenvalue weighted by atomic mass is 9.91. The van der Waals surface area contributed by atoms with E-state index in [0.29, 0.717) is 4.90 Å². The molecule has 0 saturated carbocycles. The summed E-state index contributed by atoms with van der Waals surface area (Å²) >= 11 is 0. The number of amides is 1. The molecule has 1 aliphatic rings. The van der Waals surface area contributed by atoms with Crippen LogP contribution in [-0.4, -0.2) is 73.0 Å². The van der Waals surface area contributed by atoms with Gasteiger partial charge in [0.1, 0.15) is 14.0 Å². The molecule has 0 aromatic rings. The molecule has 1 amide bonds. The summed E-state index contributed by atoms with van der Waals surface area (Å²) in [5.41, 5.74) is 0. The largest absolute Gasteiger partial charge is 0.471 e. The number of carbonyl (C=O) groups is 1. The number of aliphatic hydroxyl groups excluding tert-OH is 2. The summed E-state index contributed by atoms with van der Waals surface area (Å²) in [5, 5.41) is 18.7. The Morgan fingerprint density at radius 1 is 1.53 bits per heavy atom. The summed E-state index contributed by atoms with van der Waals surface area (Å²) in [7, 11) is 2.47. The first-order chi connectivity index (χ1) is 7.75. The van der Waals surface area contributed by atoms with E-state index >= 15 is 0 Å². The summed E-state index contributed by atoms with van der Waals surface area (Å²) in [6.45, 7) is -0.707. The number of halogens is 3. The molecule has 98 valence electrons. The summed E-state index contributed by atoms with van der Waals surface area (Å²) < 4.78 is 41.9. The van der Waals surface area contributed by atoms with Crippen LogP contribution in [0, 0.1) is 0 Å². The van der Waals surface area contributed by atoms with Gasteiger partial charge >= 0.3 is 12.1 Å². The van der Waals surface area contributed by atoms with E-state index in [1.54, 1.807) is 0 Å².